The van der Waals surface area contributed by atoms with E-state index in [4.69, 9.17) is 5.11 Å². The van der Waals surface area contributed by atoms with E-state index in [9.17, 15) is 14.4 Å². The summed E-state index contributed by atoms with van der Waals surface area (Å²) >= 11 is 0. The van der Waals surface area contributed by atoms with E-state index < -0.39 is 11.9 Å². The lowest BCUT2D eigenvalue weighted by Crippen LogP contribution is -2.28. The van der Waals surface area contributed by atoms with Crippen LogP contribution in [0.15, 0.2) is 36.5 Å². The number of nitrogens with one attached hydrogen (secondary N) is 1. The number of likely N-dealkylation sites (tertiary alicyclic amines) is 1. The van der Waals surface area contributed by atoms with Crippen molar-refractivity contribution in [3.05, 3.63) is 47.7 Å². The first-order valence-electron chi connectivity index (χ1n) is 8.30. The first kappa shape index (κ1) is 17.7. The molecule has 136 valence electrons. The lowest BCUT2D eigenvalue weighted by Gasteiger charge is -2.16. The van der Waals surface area contributed by atoms with Crippen LogP contribution >= 0.6 is 0 Å². The van der Waals surface area contributed by atoms with Crippen LogP contribution in [0.25, 0.3) is 0 Å². The second-order valence-corrected chi connectivity index (χ2v) is 6.44. The minimum absolute atomic E-state index is 0.0536. The number of aromatic nitrogens is 2. The molecular weight excluding hydrogens is 336 g/mol. The van der Waals surface area contributed by atoms with Gasteiger partial charge in [-0.1, -0.05) is 29.8 Å². The van der Waals surface area contributed by atoms with Gasteiger partial charge in [0.2, 0.25) is 11.8 Å². The summed E-state index contributed by atoms with van der Waals surface area (Å²) in [5.74, 6) is -1.52. The van der Waals surface area contributed by atoms with Gasteiger partial charge in [-0.15, -0.1) is 0 Å². The van der Waals surface area contributed by atoms with Gasteiger partial charge in [0.1, 0.15) is 6.54 Å². The highest BCUT2D eigenvalue weighted by Gasteiger charge is 2.34. The fourth-order valence-electron chi connectivity index (χ4n) is 2.90. The lowest BCUT2D eigenvalue weighted by molar-refractivity contribution is -0.138. The molecule has 0 radical (unpaired) electrons. The summed E-state index contributed by atoms with van der Waals surface area (Å²) in [7, 11) is 0. The Bertz CT molecular complexity index is 828. The van der Waals surface area contributed by atoms with Gasteiger partial charge in [-0.3, -0.25) is 19.1 Å². The van der Waals surface area contributed by atoms with Crippen molar-refractivity contribution in [2.75, 3.05) is 11.9 Å². The van der Waals surface area contributed by atoms with Crippen molar-refractivity contribution in [1.82, 2.24) is 14.7 Å². The van der Waals surface area contributed by atoms with Crippen molar-refractivity contribution >= 4 is 23.6 Å². The van der Waals surface area contributed by atoms with Gasteiger partial charge in [0.25, 0.3) is 0 Å². The zero-order valence-corrected chi connectivity index (χ0v) is 14.4. The number of amides is 2. The number of anilines is 1. The molecule has 1 aromatic carbocycles. The third-order valence-corrected chi connectivity index (χ3v) is 4.27. The van der Waals surface area contributed by atoms with Gasteiger partial charge < -0.3 is 15.3 Å². The summed E-state index contributed by atoms with van der Waals surface area (Å²) in [5.41, 5.74) is 2.18. The maximum Gasteiger partial charge on any atom is 0.325 e. The van der Waals surface area contributed by atoms with Gasteiger partial charge in [0.15, 0.2) is 5.82 Å². The lowest BCUT2D eigenvalue weighted by atomic mass is 10.1. The number of carboxylic acid groups (broad SMARTS) is 1. The van der Waals surface area contributed by atoms with Crippen LogP contribution in [0, 0.1) is 12.8 Å². The van der Waals surface area contributed by atoms with E-state index in [2.05, 4.69) is 10.4 Å². The smallest absolute Gasteiger partial charge is 0.325 e. The monoisotopic (exact) mass is 356 g/mol. The molecule has 8 heteroatoms. The molecule has 8 nitrogen and oxygen atoms in total. The first-order valence-corrected chi connectivity index (χ1v) is 8.30. The van der Waals surface area contributed by atoms with E-state index in [0.29, 0.717) is 13.1 Å². The number of hydrogen-bond donors (Lipinski definition) is 2. The maximum absolute atomic E-state index is 12.4. The molecule has 0 saturated carbocycles. The van der Waals surface area contributed by atoms with Crippen LogP contribution in [0.1, 0.15) is 17.5 Å². The highest BCUT2D eigenvalue weighted by Crippen LogP contribution is 2.21. The molecule has 1 fully saturated rings. The average Bonchev–Trinajstić information content (AvgIpc) is 3.16. The topological polar surface area (TPSA) is 105 Å². The molecule has 0 spiro atoms. The Morgan fingerprint density at radius 2 is 2.00 bits per heavy atom. The third kappa shape index (κ3) is 4.27. The van der Waals surface area contributed by atoms with Gasteiger partial charge in [0.05, 0.1) is 5.92 Å². The van der Waals surface area contributed by atoms with Crippen molar-refractivity contribution in [3.63, 3.8) is 0 Å². The van der Waals surface area contributed by atoms with Gasteiger partial charge in [-0.25, -0.2) is 0 Å². The SMILES string of the molecule is Cc1ccc(CN2C[C@H](C(=O)Nc3ccn(CC(=O)O)n3)CC2=O)cc1. The molecule has 0 aliphatic carbocycles. The Morgan fingerprint density at radius 1 is 1.27 bits per heavy atom. The summed E-state index contributed by atoms with van der Waals surface area (Å²) < 4.78 is 1.22. The molecule has 2 N–H and O–H groups in total. The van der Waals surface area contributed by atoms with Crippen LogP contribution in [-0.4, -0.2) is 44.1 Å². The molecule has 26 heavy (non-hydrogen) atoms. The van der Waals surface area contributed by atoms with Crippen LogP contribution in [0.4, 0.5) is 5.82 Å². The van der Waals surface area contributed by atoms with Crippen molar-refractivity contribution in [2.45, 2.75) is 26.4 Å². The predicted octanol–water partition coefficient (Wildman–Crippen LogP) is 1.26. The number of hydrogen-bond acceptors (Lipinski definition) is 4. The number of aryl methyl sites for hydroxylation is 1. The Kier molecular flexibility index (Phi) is 5.01. The van der Waals surface area contributed by atoms with Crippen LogP contribution in [-0.2, 0) is 27.5 Å². The molecule has 0 unspecified atom stereocenters. The second kappa shape index (κ2) is 7.38. The molecule has 2 aromatic rings. The van der Waals surface area contributed by atoms with Gasteiger partial charge in [0, 0.05) is 31.8 Å². The number of nitrogens with zero attached hydrogens (tertiary/aromatic N) is 3. The number of carbonyl (C=O) groups is 3. The van der Waals surface area contributed by atoms with E-state index in [1.807, 2.05) is 31.2 Å². The van der Waals surface area contributed by atoms with E-state index >= 15 is 0 Å². The quantitative estimate of drug-likeness (QED) is 0.811. The second-order valence-electron chi connectivity index (χ2n) is 6.44. The number of carboxylic acids is 1. The predicted molar refractivity (Wildman–Crippen MR) is 93.2 cm³/mol. The Morgan fingerprint density at radius 3 is 2.69 bits per heavy atom. The molecule has 3 rings (SSSR count). The first-order chi connectivity index (χ1) is 12.4. The third-order valence-electron chi connectivity index (χ3n) is 4.27. The minimum Gasteiger partial charge on any atom is -0.480 e. The van der Waals surface area contributed by atoms with Gasteiger partial charge in [-0.2, -0.15) is 5.10 Å². The molecule has 1 aliphatic rings. The Balaban J connectivity index is 1.57. The Labute approximate surface area is 150 Å². The maximum atomic E-state index is 12.4. The van der Waals surface area contributed by atoms with E-state index in [1.165, 1.54) is 16.9 Å². The molecule has 2 heterocycles. The van der Waals surface area contributed by atoms with E-state index in [-0.39, 0.29) is 30.6 Å². The van der Waals surface area contributed by atoms with Crippen molar-refractivity contribution in [2.24, 2.45) is 5.92 Å². The molecule has 1 saturated heterocycles. The van der Waals surface area contributed by atoms with Gasteiger partial charge >= 0.3 is 5.97 Å². The number of rotatable bonds is 6. The molecule has 1 aromatic heterocycles. The molecule has 1 aliphatic heterocycles. The fourth-order valence-corrected chi connectivity index (χ4v) is 2.90. The van der Waals surface area contributed by atoms with Crippen molar-refractivity contribution in [1.29, 1.82) is 0 Å². The van der Waals surface area contributed by atoms with Crippen molar-refractivity contribution in [3.8, 4) is 0 Å². The van der Waals surface area contributed by atoms with E-state index in [1.54, 1.807) is 4.90 Å². The number of aliphatic carboxylic acids is 1. The van der Waals surface area contributed by atoms with Gasteiger partial charge in [-0.05, 0) is 12.5 Å². The summed E-state index contributed by atoms with van der Waals surface area (Å²) in [6.45, 7) is 2.57. The summed E-state index contributed by atoms with van der Waals surface area (Å²) in [5, 5.41) is 15.4. The highest BCUT2D eigenvalue weighted by atomic mass is 16.4. The largest absolute Gasteiger partial charge is 0.480 e. The van der Waals surface area contributed by atoms with E-state index in [0.717, 1.165) is 11.1 Å². The number of benzene rings is 1. The zero-order valence-electron chi connectivity index (χ0n) is 14.4. The van der Waals surface area contributed by atoms with Crippen LogP contribution in [0.3, 0.4) is 0 Å². The zero-order chi connectivity index (χ0) is 18.7. The molecular formula is C18H20N4O4. The fraction of sp³-hybridized carbons (Fsp3) is 0.333. The average molecular weight is 356 g/mol. The molecule has 1 atom stereocenters. The summed E-state index contributed by atoms with van der Waals surface area (Å²) in [6, 6.07) is 9.47. The van der Waals surface area contributed by atoms with Crippen LogP contribution in [0.2, 0.25) is 0 Å². The molecule has 0 bridgehead atoms. The van der Waals surface area contributed by atoms with Crippen LogP contribution in [0.5, 0.6) is 0 Å². The number of carbonyl (C=O) groups excluding carboxylic acids is 2. The van der Waals surface area contributed by atoms with Crippen LogP contribution < -0.4 is 5.32 Å². The summed E-state index contributed by atoms with van der Waals surface area (Å²) in [6.07, 6.45) is 1.64. The van der Waals surface area contributed by atoms with Crippen molar-refractivity contribution < 1.29 is 19.5 Å². The minimum atomic E-state index is -1.01. The molecule has 2 amide bonds. The standard InChI is InChI=1S/C18H20N4O4/c1-12-2-4-13(5-3-12)9-21-10-14(8-16(21)23)18(26)19-15-6-7-22(20-15)11-17(24)25/h2-7,14H,8-11H2,1H3,(H,24,25)(H,19,20,26)/t14-/m1/s1. The normalized spacial score (nSPS) is 16.7. The summed E-state index contributed by atoms with van der Waals surface area (Å²) in [4.78, 5) is 36.9. The Hall–Kier alpha value is -3.16. The highest BCUT2D eigenvalue weighted by molar-refractivity contribution is 5.96.